The second kappa shape index (κ2) is 6.50. The van der Waals surface area contributed by atoms with Crippen LogP contribution in [0.1, 0.15) is 19.8 Å². The molecule has 2 fully saturated rings. The van der Waals surface area contributed by atoms with Crippen molar-refractivity contribution in [2.75, 3.05) is 46.6 Å². The minimum absolute atomic E-state index is 0.116. The van der Waals surface area contributed by atoms with E-state index in [0.717, 1.165) is 13.1 Å². The summed E-state index contributed by atoms with van der Waals surface area (Å²) in [6.07, 6.45) is 2.49. The molecule has 0 aromatic heterocycles. The third-order valence-electron chi connectivity index (χ3n) is 3.91. The number of carbonyl (C=O) groups is 1. The fraction of sp³-hybridized carbons (Fsp3) is 0.923. The van der Waals surface area contributed by atoms with Crippen LogP contribution in [0.4, 0.5) is 0 Å². The zero-order chi connectivity index (χ0) is 13.0. The van der Waals surface area contributed by atoms with Gasteiger partial charge >= 0.3 is 0 Å². The molecule has 104 valence electrons. The number of hydrogen-bond acceptors (Lipinski definition) is 4. The minimum atomic E-state index is 0.116. The van der Waals surface area contributed by atoms with Crippen molar-refractivity contribution in [1.82, 2.24) is 9.80 Å². The van der Waals surface area contributed by atoms with Gasteiger partial charge in [-0.05, 0) is 26.3 Å². The van der Waals surface area contributed by atoms with Gasteiger partial charge in [0.15, 0.2) is 0 Å². The maximum absolute atomic E-state index is 12.1. The van der Waals surface area contributed by atoms with Crippen molar-refractivity contribution in [2.24, 2.45) is 0 Å². The SMILES string of the molecule is COCCOCC(=O)N1CC2CCCN2CC1C. The Morgan fingerprint density at radius 1 is 1.33 bits per heavy atom. The monoisotopic (exact) mass is 256 g/mol. The maximum atomic E-state index is 12.1. The number of carbonyl (C=O) groups excluding carboxylic acids is 1. The molecule has 0 aromatic carbocycles. The van der Waals surface area contributed by atoms with E-state index < -0.39 is 0 Å². The zero-order valence-corrected chi connectivity index (χ0v) is 11.4. The molecule has 2 atom stereocenters. The highest BCUT2D eigenvalue weighted by Gasteiger charge is 2.36. The Kier molecular flexibility index (Phi) is 4.97. The first-order valence-electron chi connectivity index (χ1n) is 6.82. The molecular formula is C13H24N2O3. The molecule has 0 aliphatic carbocycles. The van der Waals surface area contributed by atoms with Gasteiger partial charge in [0.05, 0.1) is 13.2 Å². The van der Waals surface area contributed by atoms with Crippen LogP contribution < -0.4 is 0 Å². The van der Waals surface area contributed by atoms with Crippen molar-refractivity contribution >= 4 is 5.91 Å². The summed E-state index contributed by atoms with van der Waals surface area (Å²) in [5, 5.41) is 0. The molecular weight excluding hydrogens is 232 g/mol. The lowest BCUT2D eigenvalue weighted by atomic mass is 10.1. The maximum Gasteiger partial charge on any atom is 0.248 e. The minimum Gasteiger partial charge on any atom is -0.382 e. The van der Waals surface area contributed by atoms with E-state index in [1.54, 1.807) is 7.11 Å². The van der Waals surface area contributed by atoms with Crippen LogP contribution in [0.15, 0.2) is 0 Å². The molecule has 0 radical (unpaired) electrons. The summed E-state index contributed by atoms with van der Waals surface area (Å²) in [7, 11) is 1.63. The molecule has 0 bridgehead atoms. The average molecular weight is 256 g/mol. The summed E-state index contributed by atoms with van der Waals surface area (Å²) in [5.74, 6) is 0.116. The Labute approximate surface area is 109 Å². The Morgan fingerprint density at radius 2 is 2.17 bits per heavy atom. The molecule has 2 heterocycles. The van der Waals surface area contributed by atoms with Gasteiger partial charge in [-0.1, -0.05) is 0 Å². The number of rotatable bonds is 5. The number of methoxy groups -OCH3 is 1. The van der Waals surface area contributed by atoms with Gasteiger partial charge < -0.3 is 14.4 Å². The molecule has 0 N–H and O–H groups in total. The molecule has 2 aliphatic rings. The predicted octanol–water partition coefficient (Wildman–Crippen LogP) is 0.345. The quantitative estimate of drug-likeness (QED) is 0.665. The van der Waals surface area contributed by atoms with E-state index in [9.17, 15) is 4.79 Å². The van der Waals surface area contributed by atoms with E-state index in [1.807, 2.05) is 4.90 Å². The Balaban J connectivity index is 1.78. The standard InChI is InChI=1S/C13H24N2O3/c1-11-8-14-5-3-4-12(14)9-15(11)13(16)10-18-7-6-17-2/h11-12H,3-10H2,1-2H3. The van der Waals surface area contributed by atoms with E-state index in [2.05, 4.69) is 11.8 Å². The normalized spacial score (nSPS) is 28.4. The second-order valence-corrected chi connectivity index (χ2v) is 5.23. The van der Waals surface area contributed by atoms with Gasteiger partial charge in [-0.25, -0.2) is 0 Å². The van der Waals surface area contributed by atoms with Crippen LogP contribution in [0.5, 0.6) is 0 Å². The third kappa shape index (κ3) is 3.22. The average Bonchev–Trinajstić information content (AvgIpc) is 2.80. The van der Waals surface area contributed by atoms with Crippen molar-refractivity contribution in [3.63, 3.8) is 0 Å². The van der Waals surface area contributed by atoms with Gasteiger partial charge in [0.1, 0.15) is 6.61 Å². The van der Waals surface area contributed by atoms with E-state index in [0.29, 0.717) is 25.3 Å². The number of amides is 1. The Bertz CT molecular complexity index is 285. The molecule has 2 aliphatic heterocycles. The van der Waals surface area contributed by atoms with E-state index in [-0.39, 0.29) is 12.5 Å². The van der Waals surface area contributed by atoms with Crippen molar-refractivity contribution in [3.05, 3.63) is 0 Å². The Hall–Kier alpha value is -0.650. The van der Waals surface area contributed by atoms with Crippen molar-refractivity contribution in [3.8, 4) is 0 Å². The van der Waals surface area contributed by atoms with E-state index in [1.165, 1.54) is 19.4 Å². The molecule has 2 saturated heterocycles. The number of piperazine rings is 1. The molecule has 18 heavy (non-hydrogen) atoms. The molecule has 5 heteroatoms. The van der Waals surface area contributed by atoms with Crippen LogP contribution in [0.3, 0.4) is 0 Å². The molecule has 0 spiro atoms. The summed E-state index contributed by atoms with van der Waals surface area (Å²) in [5.41, 5.74) is 0. The lowest BCUT2D eigenvalue weighted by Gasteiger charge is -2.42. The molecule has 5 nitrogen and oxygen atoms in total. The van der Waals surface area contributed by atoms with Crippen LogP contribution in [0, 0.1) is 0 Å². The summed E-state index contributed by atoms with van der Waals surface area (Å²) in [6, 6.07) is 0.877. The fourth-order valence-corrected chi connectivity index (χ4v) is 2.92. The van der Waals surface area contributed by atoms with Crippen LogP contribution in [-0.4, -0.2) is 74.4 Å². The van der Waals surface area contributed by atoms with Crippen LogP contribution in [0.25, 0.3) is 0 Å². The van der Waals surface area contributed by atoms with Crippen LogP contribution in [-0.2, 0) is 14.3 Å². The summed E-state index contributed by atoms with van der Waals surface area (Å²) < 4.78 is 10.2. The van der Waals surface area contributed by atoms with Gasteiger partial charge in [-0.3, -0.25) is 9.69 Å². The molecule has 0 saturated carbocycles. The lowest BCUT2D eigenvalue weighted by molar-refractivity contribution is -0.142. The van der Waals surface area contributed by atoms with E-state index in [4.69, 9.17) is 9.47 Å². The first kappa shape index (κ1) is 13.8. The summed E-state index contributed by atoms with van der Waals surface area (Å²) >= 11 is 0. The highest BCUT2D eigenvalue weighted by molar-refractivity contribution is 5.78. The van der Waals surface area contributed by atoms with Gasteiger partial charge in [-0.2, -0.15) is 0 Å². The zero-order valence-electron chi connectivity index (χ0n) is 11.4. The fourth-order valence-electron chi connectivity index (χ4n) is 2.92. The number of fused-ring (bicyclic) bond motifs is 1. The smallest absolute Gasteiger partial charge is 0.248 e. The van der Waals surface area contributed by atoms with Gasteiger partial charge in [-0.15, -0.1) is 0 Å². The summed E-state index contributed by atoms with van der Waals surface area (Å²) in [4.78, 5) is 16.6. The second-order valence-electron chi connectivity index (χ2n) is 5.23. The molecule has 2 rings (SSSR count). The van der Waals surface area contributed by atoms with Gasteiger partial charge in [0.2, 0.25) is 5.91 Å². The number of nitrogens with zero attached hydrogens (tertiary/aromatic N) is 2. The molecule has 1 amide bonds. The van der Waals surface area contributed by atoms with Crippen molar-refractivity contribution in [2.45, 2.75) is 31.8 Å². The number of hydrogen-bond donors (Lipinski definition) is 0. The third-order valence-corrected chi connectivity index (χ3v) is 3.91. The van der Waals surface area contributed by atoms with Crippen molar-refractivity contribution in [1.29, 1.82) is 0 Å². The lowest BCUT2D eigenvalue weighted by Crippen LogP contribution is -2.57. The Morgan fingerprint density at radius 3 is 2.94 bits per heavy atom. The van der Waals surface area contributed by atoms with Gasteiger partial charge in [0, 0.05) is 32.3 Å². The largest absolute Gasteiger partial charge is 0.382 e. The number of ether oxygens (including phenoxy) is 2. The predicted molar refractivity (Wildman–Crippen MR) is 68.5 cm³/mol. The first-order valence-corrected chi connectivity index (χ1v) is 6.82. The highest BCUT2D eigenvalue weighted by atomic mass is 16.5. The summed E-state index contributed by atoms with van der Waals surface area (Å²) in [6.45, 7) is 6.41. The van der Waals surface area contributed by atoms with Gasteiger partial charge in [0.25, 0.3) is 0 Å². The topological polar surface area (TPSA) is 42.0 Å². The molecule has 2 unspecified atom stereocenters. The highest BCUT2D eigenvalue weighted by Crippen LogP contribution is 2.24. The molecule has 0 aromatic rings. The van der Waals surface area contributed by atoms with E-state index >= 15 is 0 Å². The van der Waals surface area contributed by atoms with Crippen LogP contribution >= 0.6 is 0 Å². The first-order chi connectivity index (χ1) is 8.72. The van der Waals surface area contributed by atoms with Crippen LogP contribution in [0.2, 0.25) is 0 Å². The van der Waals surface area contributed by atoms with Crippen molar-refractivity contribution < 1.29 is 14.3 Å².